The van der Waals surface area contributed by atoms with Crippen LogP contribution in [0.2, 0.25) is 5.02 Å². The van der Waals surface area contributed by atoms with E-state index >= 15 is 4.39 Å². The smallest absolute Gasteiger partial charge is 0.316 e. The van der Waals surface area contributed by atoms with Gasteiger partial charge in [-0.25, -0.2) is 13.6 Å². The molecule has 0 aliphatic carbocycles. The number of hydrogen-bond donors (Lipinski definition) is 1. The van der Waals surface area contributed by atoms with Crippen LogP contribution in [-0.4, -0.2) is 50.4 Å². The molecular weight excluding hydrogens is 581 g/mol. The van der Waals surface area contributed by atoms with Gasteiger partial charge in [-0.05, 0) is 42.5 Å². The molecule has 1 amide bonds. The van der Waals surface area contributed by atoms with Crippen LogP contribution in [0.5, 0.6) is 0 Å². The molecule has 2 aromatic heterocycles. The largest absolute Gasteiger partial charge is 0.355 e. The first-order chi connectivity index (χ1) is 19.2. The van der Waals surface area contributed by atoms with Crippen molar-refractivity contribution in [2.24, 2.45) is 5.41 Å². The van der Waals surface area contributed by atoms with Gasteiger partial charge in [0.05, 0.1) is 17.9 Å². The molecule has 2 fully saturated rings. The Balaban J connectivity index is 1.21. The maximum Gasteiger partial charge on any atom is 0.316 e. The van der Waals surface area contributed by atoms with Crippen molar-refractivity contribution in [2.75, 3.05) is 29.5 Å². The van der Waals surface area contributed by atoms with E-state index in [1.807, 2.05) is 23.9 Å². The van der Waals surface area contributed by atoms with Crippen LogP contribution in [0, 0.1) is 11.2 Å². The Bertz CT molecular complexity index is 1660. The maximum atomic E-state index is 15.8. The number of nitrogens with one attached hydrogen (secondary N) is 1. The van der Waals surface area contributed by atoms with E-state index in [4.69, 9.17) is 16.6 Å². The highest BCUT2D eigenvalue weighted by molar-refractivity contribution is 8.00. The van der Waals surface area contributed by atoms with E-state index in [9.17, 15) is 17.8 Å². The van der Waals surface area contributed by atoms with Gasteiger partial charge in [0.2, 0.25) is 0 Å². The third kappa shape index (κ3) is 5.17. The normalized spacial score (nSPS) is 16.6. The Morgan fingerprint density at radius 3 is 2.67 bits per heavy atom. The van der Waals surface area contributed by atoms with Gasteiger partial charge >= 0.3 is 5.76 Å². The standard InChI is InChI=1S/C28H22ClF3N4O2S2/c29-18-6-17(7-20(8-18)40(38)27(31)32)26(37)34-11-19-9-22-16(10-33-19)4-5-21(25(22)30)23-2-1-3-24(35-23)36-12-28(13-36)14-39-15-28/h1-10,27H,11-15H2,(H,34,37). The van der Waals surface area contributed by atoms with Gasteiger partial charge in [-0.15, -0.1) is 0 Å². The fourth-order valence-corrected chi connectivity index (χ4v) is 7.09. The summed E-state index contributed by atoms with van der Waals surface area (Å²) in [4.78, 5) is 23.7. The second-order valence-electron chi connectivity index (χ2n) is 9.97. The molecule has 1 unspecified atom stereocenters. The molecule has 40 heavy (non-hydrogen) atoms. The van der Waals surface area contributed by atoms with Crippen molar-refractivity contribution in [3.8, 4) is 11.3 Å². The van der Waals surface area contributed by atoms with Gasteiger partial charge < -0.3 is 10.2 Å². The van der Waals surface area contributed by atoms with Crippen molar-refractivity contribution in [3.05, 3.63) is 82.9 Å². The first kappa shape index (κ1) is 27.0. The molecule has 1 atom stereocenters. The molecule has 0 bridgehead atoms. The highest BCUT2D eigenvalue weighted by Gasteiger charge is 2.48. The van der Waals surface area contributed by atoms with Crippen LogP contribution in [0.4, 0.5) is 19.0 Å². The summed E-state index contributed by atoms with van der Waals surface area (Å²) in [5, 5.41) is 3.55. The Kier molecular flexibility index (Phi) is 7.22. The Labute approximate surface area is 239 Å². The lowest BCUT2D eigenvalue weighted by atomic mass is 9.83. The summed E-state index contributed by atoms with van der Waals surface area (Å²) in [6.45, 7) is 1.89. The van der Waals surface area contributed by atoms with Crippen LogP contribution in [-0.2, 0) is 17.3 Å². The molecule has 0 radical (unpaired) electrons. The summed E-state index contributed by atoms with van der Waals surface area (Å²) >= 11 is 7.91. The van der Waals surface area contributed by atoms with Crippen molar-refractivity contribution in [3.63, 3.8) is 0 Å². The van der Waals surface area contributed by atoms with Crippen molar-refractivity contribution >= 4 is 56.7 Å². The topological polar surface area (TPSA) is 75.2 Å². The number of aromatic nitrogens is 2. The molecule has 6 rings (SSSR count). The average Bonchev–Trinajstić information content (AvgIpc) is 2.90. The van der Waals surface area contributed by atoms with Crippen LogP contribution in [0.25, 0.3) is 22.0 Å². The monoisotopic (exact) mass is 602 g/mol. The average molecular weight is 603 g/mol. The fourth-order valence-electron chi connectivity index (χ4n) is 4.95. The molecule has 4 aromatic rings. The number of thioether (sulfide) groups is 1. The predicted octanol–water partition coefficient (Wildman–Crippen LogP) is 5.90. The van der Waals surface area contributed by atoms with Crippen molar-refractivity contribution in [1.82, 2.24) is 15.3 Å². The number of hydrogen-bond acceptors (Lipinski definition) is 6. The van der Waals surface area contributed by atoms with Gasteiger partial charge in [0.25, 0.3) is 5.91 Å². The summed E-state index contributed by atoms with van der Waals surface area (Å²) in [6, 6.07) is 14.2. The van der Waals surface area contributed by atoms with Crippen molar-refractivity contribution < 1.29 is 22.2 Å². The Morgan fingerprint density at radius 1 is 1.15 bits per heavy atom. The molecule has 2 aliphatic rings. The van der Waals surface area contributed by atoms with Crippen LogP contribution in [0.15, 0.2) is 65.7 Å². The summed E-state index contributed by atoms with van der Waals surface area (Å²) in [5.74, 6) is -0.984. The molecule has 2 aliphatic heterocycles. The first-order valence-corrected chi connectivity index (χ1v) is 15.1. The van der Waals surface area contributed by atoms with Gasteiger partial charge in [-0.2, -0.15) is 20.5 Å². The summed E-state index contributed by atoms with van der Waals surface area (Å²) < 4.78 is 53.3. The second-order valence-corrected chi connectivity index (χ2v) is 12.8. The molecule has 2 aromatic carbocycles. The highest BCUT2D eigenvalue weighted by atomic mass is 35.5. The molecule has 1 spiro atoms. The Morgan fingerprint density at radius 2 is 1.95 bits per heavy atom. The number of fused-ring (bicyclic) bond motifs is 1. The molecule has 6 nitrogen and oxygen atoms in total. The van der Waals surface area contributed by atoms with Crippen LogP contribution >= 0.6 is 23.4 Å². The van der Waals surface area contributed by atoms with Gasteiger partial charge in [-0.3, -0.25) is 9.78 Å². The number of halogens is 4. The number of carbonyl (C=O) groups excluding carboxylic acids is 1. The number of carbonyl (C=O) groups is 1. The van der Waals surface area contributed by atoms with Crippen LogP contribution < -0.4 is 10.2 Å². The van der Waals surface area contributed by atoms with E-state index in [0.29, 0.717) is 33.1 Å². The third-order valence-corrected chi connectivity index (χ3v) is 9.93. The number of benzene rings is 2. The second kappa shape index (κ2) is 10.7. The van der Waals surface area contributed by atoms with E-state index in [2.05, 4.69) is 15.2 Å². The molecule has 2 saturated heterocycles. The van der Waals surface area contributed by atoms with E-state index < -0.39 is 28.3 Å². The quantitative estimate of drug-likeness (QED) is 0.284. The lowest BCUT2D eigenvalue weighted by Gasteiger charge is -2.55. The molecular formula is C28H22ClF3N4O2S2. The summed E-state index contributed by atoms with van der Waals surface area (Å²) in [5.41, 5.74) is 1.67. The van der Waals surface area contributed by atoms with Crippen LogP contribution in [0.3, 0.4) is 0 Å². The van der Waals surface area contributed by atoms with Crippen molar-refractivity contribution in [1.29, 1.82) is 0 Å². The third-order valence-electron chi connectivity index (χ3n) is 7.05. The number of amides is 1. The minimum Gasteiger partial charge on any atom is -0.355 e. The fraction of sp³-hybridized carbons (Fsp3) is 0.250. The highest BCUT2D eigenvalue weighted by Crippen LogP contribution is 2.46. The van der Waals surface area contributed by atoms with Gasteiger partial charge in [0.1, 0.15) is 22.4 Å². The maximum absolute atomic E-state index is 15.8. The molecule has 1 N–H and O–H groups in total. The minimum atomic E-state index is -3.11. The molecule has 0 saturated carbocycles. The Hall–Kier alpha value is -3.15. The zero-order valence-electron chi connectivity index (χ0n) is 20.9. The van der Waals surface area contributed by atoms with Gasteiger partial charge in [0.15, 0.2) is 0 Å². The number of nitrogens with zero attached hydrogens (tertiary/aromatic N) is 3. The summed E-state index contributed by atoms with van der Waals surface area (Å²) in [7, 11) is -2.61. The molecule has 4 heterocycles. The lowest BCUT2D eigenvalue weighted by Crippen LogP contribution is -2.63. The van der Waals surface area contributed by atoms with Gasteiger partial charge in [0, 0.05) is 68.0 Å². The first-order valence-electron chi connectivity index (χ1n) is 12.4. The molecule has 12 heteroatoms. The zero-order chi connectivity index (χ0) is 28.0. The minimum absolute atomic E-state index is 0.00316. The van der Waals surface area contributed by atoms with Gasteiger partial charge in [-0.1, -0.05) is 23.7 Å². The van der Waals surface area contributed by atoms with Crippen LogP contribution in [0.1, 0.15) is 16.1 Å². The van der Waals surface area contributed by atoms with E-state index in [-0.39, 0.29) is 22.0 Å². The number of anilines is 1. The number of alkyl halides is 2. The summed E-state index contributed by atoms with van der Waals surface area (Å²) in [6.07, 6.45) is 1.52. The lowest BCUT2D eigenvalue weighted by molar-refractivity contribution is 0.0950. The predicted molar refractivity (Wildman–Crippen MR) is 152 cm³/mol. The number of pyridine rings is 2. The van der Waals surface area contributed by atoms with E-state index in [1.165, 1.54) is 23.8 Å². The SMILES string of the molecule is O=C(NCc1cc2c(F)c(-c3cccc(N4CC5(CSC5)C4)n3)ccc2cn1)c1cc(Cl)cc(S(=O)C(F)F)c1. The zero-order valence-corrected chi connectivity index (χ0v) is 23.3. The molecule has 206 valence electrons. The van der Waals surface area contributed by atoms with Crippen molar-refractivity contribution in [2.45, 2.75) is 17.2 Å². The van der Waals surface area contributed by atoms with E-state index in [0.717, 1.165) is 31.0 Å². The van der Waals surface area contributed by atoms with E-state index in [1.54, 1.807) is 24.3 Å². The number of rotatable bonds is 7.